The molecule has 2 rings (SSSR count). The Hall–Kier alpha value is -2.36. The van der Waals surface area contributed by atoms with E-state index >= 15 is 0 Å². The van der Waals surface area contributed by atoms with Gasteiger partial charge < -0.3 is 9.15 Å². The Bertz CT molecular complexity index is 596. The summed E-state index contributed by atoms with van der Waals surface area (Å²) in [5, 5.41) is 0. The maximum Gasteiger partial charge on any atom is 0.296 e. The monoisotopic (exact) mass is 258 g/mol. The van der Waals surface area contributed by atoms with Crippen LogP contribution in [0.4, 0.5) is 0 Å². The van der Waals surface area contributed by atoms with Crippen molar-refractivity contribution >= 4 is 11.6 Å². The Balaban J connectivity index is 2.38. The topological polar surface area (TPSA) is 56.5 Å². The number of ketones is 2. The number of carbonyl (C=O) groups is 2. The molecular formula is C15H14O4. The van der Waals surface area contributed by atoms with E-state index in [2.05, 4.69) is 0 Å². The van der Waals surface area contributed by atoms with E-state index in [9.17, 15) is 9.59 Å². The van der Waals surface area contributed by atoms with E-state index in [1.54, 1.807) is 31.2 Å². The van der Waals surface area contributed by atoms with Crippen LogP contribution >= 0.6 is 0 Å². The predicted octanol–water partition coefficient (Wildman–Crippen LogP) is 3.11. The Morgan fingerprint density at radius 1 is 1.21 bits per heavy atom. The smallest absolute Gasteiger partial charge is 0.296 e. The molecule has 0 bridgehead atoms. The summed E-state index contributed by atoms with van der Waals surface area (Å²) < 4.78 is 10.6. The van der Waals surface area contributed by atoms with Crippen LogP contribution in [0.25, 0.3) is 0 Å². The quantitative estimate of drug-likeness (QED) is 0.773. The first kappa shape index (κ1) is 13.1. The van der Waals surface area contributed by atoms with Crippen LogP contribution in [0.3, 0.4) is 0 Å². The number of Topliss-reactive ketones (excluding diaryl/α,β-unsaturated/α-hetero) is 1. The molecule has 0 fully saturated rings. The molecule has 4 heteroatoms. The van der Waals surface area contributed by atoms with Crippen molar-refractivity contribution in [1.29, 1.82) is 0 Å². The molecule has 0 amide bonds. The van der Waals surface area contributed by atoms with Gasteiger partial charge in [0.1, 0.15) is 5.56 Å². The maximum absolute atomic E-state index is 12.2. The molecule has 1 aromatic carbocycles. The molecule has 4 nitrogen and oxygen atoms in total. The molecule has 0 radical (unpaired) electrons. The van der Waals surface area contributed by atoms with Crippen molar-refractivity contribution in [2.45, 2.75) is 13.8 Å². The van der Waals surface area contributed by atoms with Crippen molar-refractivity contribution in [3.05, 3.63) is 53.3 Å². The second-order valence-corrected chi connectivity index (χ2v) is 4.00. The SMILES string of the molecule is CCOc1oc(C(=O)c2ccccc2)cc1C(C)=O. The zero-order chi connectivity index (χ0) is 13.8. The first-order valence-corrected chi connectivity index (χ1v) is 6.00. The summed E-state index contributed by atoms with van der Waals surface area (Å²) >= 11 is 0. The summed E-state index contributed by atoms with van der Waals surface area (Å²) in [4.78, 5) is 23.6. The number of benzene rings is 1. The van der Waals surface area contributed by atoms with Gasteiger partial charge in [-0.15, -0.1) is 0 Å². The minimum atomic E-state index is -0.269. The van der Waals surface area contributed by atoms with Gasteiger partial charge >= 0.3 is 0 Å². The van der Waals surface area contributed by atoms with Gasteiger partial charge in [-0.25, -0.2) is 0 Å². The molecular weight excluding hydrogens is 244 g/mol. The highest BCUT2D eigenvalue weighted by Gasteiger charge is 2.21. The molecule has 0 N–H and O–H groups in total. The van der Waals surface area contributed by atoms with Gasteiger partial charge in [0.2, 0.25) is 5.78 Å². The standard InChI is InChI=1S/C15H14O4/c1-3-18-15-12(10(2)16)9-13(19-15)14(17)11-7-5-4-6-8-11/h4-9H,3H2,1-2H3. The molecule has 0 saturated heterocycles. The summed E-state index contributed by atoms with van der Waals surface area (Å²) in [7, 11) is 0. The highest BCUT2D eigenvalue weighted by atomic mass is 16.6. The van der Waals surface area contributed by atoms with Gasteiger partial charge in [0.05, 0.1) is 6.61 Å². The van der Waals surface area contributed by atoms with Crippen molar-refractivity contribution in [3.8, 4) is 5.95 Å². The summed E-state index contributed by atoms with van der Waals surface area (Å²) in [5.41, 5.74) is 0.801. The molecule has 1 heterocycles. The molecule has 0 atom stereocenters. The normalized spacial score (nSPS) is 10.2. The van der Waals surface area contributed by atoms with Gasteiger partial charge in [0.15, 0.2) is 11.5 Å². The molecule has 19 heavy (non-hydrogen) atoms. The van der Waals surface area contributed by atoms with Gasteiger partial charge in [-0.1, -0.05) is 30.3 Å². The van der Waals surface area contributed by atoms with Crippen LogP contribution in [0.2, 0.25) is 0 Å². The van der Waals surface area contributed by atoms with Gasteiger partial charge in [0.25, 0.3) is 5.95 Å². The molecule has 0 spiro atoms. The van der Waals surface area contributed by atoms with Crippen LogP contribution in [-0.4, -0.2) is 18.2 Å². The Kier molecular flexibility index (Phi) is 3.80. The molecule has 0 unspecified atom stereocenters. The van der Waals surface area contributed by atoms with Gasteiger partial charge in [0, 0.05) is 11.6 Å². The average Bonchev–Trinajstić information content (AvgIpc) is 2.83. The minimum absolute atomic E-state index is 0.106. The Labute approximate surface area is 111 Å². The van der Waals surface area contributed by atoms with Crippen LogP contribution < -0.4 is 4.74 Å². The number of ether oxygens (including phenoxy) is 1. The van der Waals surface area contributed by atoms with Crippen molar-refractivity contribution in [1.82, 2.24) is 0 Å². The zero-order valence-corrected chi connectivity index (χ0v) is 10.8. The number of hydrogen-bond donors (Lipinski definition) is 0. The third-order valence-electron chi connectivity index (χ3n) is 2.61. The van der Waals surface area contributed by atoms with Crippen LogP contribution in [0.1, 0.15) is 40.3 Å². The number of hydrogen-bond acceptors (Lipinski definition) is 4. The third kappa shape index (κ3) is 2.73. The third-order valence-corrected chi connectivity index (χ3v) is 2.61. The van der Waals surface area contributed by atoms with Crippen LogP contribution in [0.15, 0.2) is 40.8 Å². The number of carbonyl (C=O) groups excluding carboxylic acids is 2. The molecule has 98 valence electrons. The lowest BCUT2D eigenvalue weighted by atomic mass is 10.1. The fraction of sp³-hybridized carbons (Fsp3) is 0.200. The largest absolute Gasteiger partial charge is 0.465 e. The highest BCUT2D eigenvalue weighted by molar-refractivity contribution is 6.09. The molecule has 0 aliphatic rings. The van der Waals surface area contributed by atoms with E-state index in [4.69, 9.17) is 9.15 Å². The maximum atomic E-state index is 12.2. The molecule has 0 aliphatic heterocycles. The fourth-order valence-electron chi connectivity index (χ4n) is 1.70. The number of furan rings is 1. The zero-order valence-electron chi connectivity index (χ0n) is 10.8. The first-order valence-electron chi connectivity index (χ1n) is 6.00. The van der Waals surface area contributed by atoms with Gasteiger partial charge in [-0.05, 0) is 13.8 Å². The first-order chi connectivity index (χ1) is 9.13. The van der Waals surface area contributed by atoms with E-state index in [0.717, 1.165) is 0 Å². The molecule has 1 aromatic heterocycles. The molecule has 2 aromatic rings. The Morgan fingerprint density at radius 3 is 2.47 bits per heavy atom. The Morgan fingerprint density at radius 2 is 1.89 bits per heavy atom. The number of rotatable bonds is 5. The highest BCUT2D eigenvalue weighted by Crippen LogP contribution is 2.26. The predicted molar refractivity (Wildman–Crippen MR) is 69.8 cm³/mol. The van der Waals surface area contributed by atoms with E-state index in [0.29, 0.717) is 17.7 Å². The lowest BCUT2D eigenvalue weighted by molar-refractivity contribution is 0.0988. The van der Waals surface area contributed by atoms with Crippen LogP contribution in [-0.2, 0) is 0 Å². The van der Waals surface area contributed by atoms with Crippen molar-refractivity contribution in [3.63, 3.8) is 0 Å². The summed E-state index contributed by atoms with van der Waals surface area (Å²) in [5.74, 6) is -0.248. The lowest BCUT2D eigenvalue weighted by Crippen LogP contribution is -1.99. The average molecular weight is 258 g/mol. The van der Waals surface area contributed by atoms with Crippen molar-refractivity contribution < 1.29 is 18.7 Å². The molecule has 0 saturated carbocycles. The molecule has 0 aliphatic carbocycles. The van der Waals surface area contributed by atoms with Gasteiger partial charge in [-0.2, -0.15) is 0 Å². The summed E-state index contributed by atoms with van der Waals surface area (Å²) in [6, 6.07) is 10.2. The van der Waals surface area contributed by atoms with Crippen LogP contribution in [0, 0.1) is 0 Å². The second kappa shape index (κ2) is 5.52. The van der Waals surface area contributed by atoms with E-state index < -0.39 is 0 Å². The van der Waals surface area contributed by atoms with E-state index in [-0.39, 0.29) is 23.3 Å². The second-order valence-electron chi connectivity index (χ2n) is 4.00. The van der Waals surface area contributed by atoms with E-state index in [1.165, 1.54) is 13.0 Å². The summed E-state index contributed by atoms with van der Waals surface area (Å²) in [6.07, 6.45) is 0. The van der Waals surface area contributed by atoms with Crippen LogP contribution in [0.5, 0.6) is 5.95 Å². The van der Waals surface area contributed by atoms with E-state index in [1.807, 2.05) is 6.07 Å². The van der Waals surface area contributed by atoms with Crippen molar-refractivity contribution in [2.75, 3.05) is 6.61 Å². The summed E-state index contributed by atoms with van der Waals surface area (Å²) in [6.45, 7) is 3.56. The lowest BCUT2D eigenvalue weighted by Gasteiger charge is -1.99. The fourth-order valence-corrected chi connectivity index (χ4v) is 1.70. The van der Waals surface area contributed by atoms with Crippen molar-refractivity contribution in [2.24, 2.45) is 0 Å². The van der Waals surface area contributed by atoms with Gasteiger partial charge in [-0.3, -0.25) is 9.59 Å². The minimum Gasteiger partial charge on any atom is -0.465 e.